The Labute approximate surface area is 119 Å². The molecule has 1 saturated heterocycles. The summed E-state index contributed by atoms with van der Waals surface area (Å²) in [6.45, 7) is 9.09. The van der Waals surface area contributed by atoms with Crippen molar-refractivity contribution in [2.24, 2.45) is 5.41 Å². The van der Waals surface area contributed by atoms with Crippen molar-refractivity contribution >= 4 is 5.97 Å². The SMILES string of the molecule is Cc1cccc2c1OC(=O)C(C)(C)C2N1CCOCC1. The van der Waals surface area contributed by atoms with Gasteiger partial charge in [-0.1, -0.05) is 18.2 Å². The summed E-state index contributed by atoms with van der Waals surface area (Å²) in [5.74, 6) is 0.601. The molecule has 20 heavy (non-hydrogen) atoms. The number of carbonyl (C=O) groups is 1. The molecular weight excluding hydrogens is 254 g/mol. The molecule has 1 atom stereocenters. The van der Waals surface area contributed by atoms with Crippen molar-refractivity contribution in [1.82, 2.24) is 4.90 Å². The number of benzene rings is 1. The van der Waals surface area contributed by atoms with Gasteiger partial charge in [0, 0.05) is 18.7 Å². The second-order valence-electron chi connectivity index (χ2n) is 6.16. The third-order valence-electron chi connectivity index (χ3n) is 4.35. The van der Waals surface area contributed by atoms with Crippen LogP contribution in [0.2, 0.25) is 0 Å². The highest BCUT2D eigenvalue weighted by molar-refractivity contribution is 5.82. The van der Waals surface area contributed by atoms with Gasteiger partial charge in [0.2, 0.25) is 0 Å². The quantitative estimate of drug-likeness (QED) is 0.582. The van der Waals surface area contributed by atoms with E-state index in [1.165, 1.54) is 0 Å². The van der Waals surface area contributed by atoms with Crippen LogP contribution in [0.4, 0.5) is 0 Å². The van der Waals surface area contributed by atoms with E-state index in [-0.39, 0.29) is 12.0 Å². The van der Waals surface area contributed by atoms with E-state index in [2.05, 4.69) is 11.0 Å². The number of nitrogens with zero attached hydrogens (tertiary/aromatic N) is 1. The molecule has 2 heterocycles. The average molecular weight is 275 g/mol. The monoisotopic (exact) mass is 275 g/mol. The first-order valence-electron chi connectivity index (χ1n) is 7.15. The molecule has 0 spiro atoms. The fourth-order valence-corrected chi connectivity index (χ4v) is 3.24. The molecule has 1 fully saturated rings. The van der Waals surface area contributed by atoms with Gasteiger partial charge >= 0.3 is 5.97 Å². The number of ether oxygens (including phenoxy) is 2. The molecule has 4 nitrogen and oxygen atoms in total. The normalized spacial score (nSPS) is 25.9. The molecule has 2 aliphatic heterocycles. The van der Waals surface area contributed by atoms with Crippen molar-refractivity contribution in [3.8, 4) is 5.75 Å². The predicted molar refractivity (Wildman–Crippen MR) is 75.7 cm³/mol. The number of hydrogen-bond donors (Lipinski definition) is 0. The molecule has 0 amide bonds. The minimum atomic E-state index is -0.544. The van der Waals surface area contributed by atoms with Gasteiger partial charge in [0.15, 0.2) is 0 Å². The van der Waals surface area contributed by atoms with Crippen LogP contribution in [-0.4, -0.2) is 37.2 Å². The summed E-state index contributed by atoms with van der Waals surface area (Å²) >= 11 is 0. The Hall–Kier alpha value is -1.39. The standard InChI is InChI=1S/C16H21NO3/c1-11-5-4-6-12-13(11)20-15(18)16(2,3)14(12)17-7-9-19-10-8-17/h4-6,14H,7-10H2,1-3H3. The number of carbonyl (C=O) groups excluding carboxylic acids is 1. The Morgan fingerprint density at radius 1 is 1.25 bits per heavy atom. The van der Waals surface area contributed by atoms with Crippen molar-refractivity contribution < 1.29 is 14.3 Å². The Morgan fingerprint density at radius 3 is 2.65 bits per heavy atom. The van der Waals surface area contributed by atoms with Gasteiger partial charge in [0.05, 0.1) is 24.7 Å². The minimum absolute atomic E-state index is 0.0579. The van der Waals surface area contributed by atoms with Crippen LogP contribution >= 0.6 is 0 Å². The lowest BCUT2D eigenvalue weighted by atomic mass is 9.76. The summed E-state index contributed by atoms with van der Waals surface area (Å²) < 4.78 is 11.0. The summed E-state index contributed by atoms with van der Waals surface area (Å²) in [4.78, 5) is 14.8. The topological polar surface area (TPSA) is 38.8 Å². The minimum Gasteiger partial charge on any atom is -0.425 e. The zero-order valence-electron chi connectivity index (χ0n) is 12.3. The van der Waals surface area contributed by atoms with E-state index >= 15 is 0 Å². The van der Waals surface area contributed by atoms with Crippen LogP contribution in [-0.2, 0) is 9.53 Å². The molecule has 0 N–H and O–H groups in total. The molecule has 0 saturated carbocycles. The maximum atomic E-state index is 12.4. The Morgan fingerprint density at radius 2 is 1.95 bits per heavy atom. The molecule has 108 valence electrons. The van der Waals surface area contributed by atoms with E-state index in [9.17, 15) is 4.79 Å². The molecule has 3 rings (SSSR count). The lowest BCUT2D eigenvalue weighted by Gasteiger charge is -2.45. The second-order valence-corrected chi connectivity index (χ2v) is 6.16. The number of fused-ring (bicyclic) bond motifs is 1. The Balaban J connectivity index is 2.09. The molecule has 0 bridgehead atoms. The van der Waals surface area contributed by atoms with Gasteiger partial charge in [-0.3, -0.25) is 9.69 Å². The first kappa shape index (κ1) is 13.6. The van der Waals surface area contributed by atoms with Crippen LogP contribution in [0.15, 0.2) is 18.2 Å². The van der Waals surface area contributed by atoms with Crippen molar-refractivity contribution in [2.75, 3.05) is 26.3 Å². The first-order valence-corrected chi connectivity index (χ1v) is 7.15. The molecular formula is C16H21NO3. The maximum absolute atomic E-state index is 12.4. The Bertz CT molecular complexity index is 533. The van der Waals surface area contributed by atoms with Crippen LogP contribution in [0.25, 0.3) is 0 Å². The van der Waals surface area contributed by atoms with Gasteiger partial charge in [0.1, 0.15) is 5.75 Å². The van der Waals surface area contributed by atoms with E-state index in [4.69, 9.17) is 9.47 Å². The molecule has 0 aliphatic carbocycles. The largest absolute Gasteiger partial charge is 0.425 e. The van der Waals surface area contributed by atoms with Crippen molar-refractivity contribution in [3.05, 3.63) is 29.3 Å². The van der Waals surface area contributed by atoms with E-state index in [1.807, 2.05) is 32.9 Å². The number of hydrogen-bond acceptors (Lipinski definition) is 4. The molecule has 4 heteroatoms. The highest BCUT2D eigenvalue weighted by atomic mass is 16.5. The van der Waals surface area contributed by atoms with E-state index in [1.54, 1.807) is 0 Å². The van der Waals surface area contributed by atoms with Gasteiger partial charge in [-0.15, -0.1) is 0 Å². The number of morpholine rings is 1. The summed E-state index contributed by atoms with van der Waals surface area (Å²) in [5, 5.41) is 0. The fourth-order valence-electron chi connectivity index (χ4n) is 3.24. The fraction of sp³-hybridized carbons (Fsp3) is 0.562. The van der Waals surface area contributed by atoms with Gasteiger partial charge < -0.3 is 9.47 Å². The molecule has 1 aromatic rings. The predicted octanol–water partition coefficient (Wildman–Crippen LogP) is 2.31. The van der Waals surface area contributed by atoms with E-state index < -0.39 is 5.41 Å². The van der Waals surface area contributed by atoms with Crippen molar-refractivity contribution in [1.29, 1.82) is 0 Å². The smallest absolute Gasteiger partial charge is 0.318 e. The first-order chi connectivity index (χ1) is 9.51. The van der Waals surface area contributed by atoms with Crippen molar-refractivity contribution in [2.45, 2.75) is 26.8 Å². The summed E-state index contributed by atoms with van der Waals surface area (Å²) in [6, 6.07) is 6.16. The van der Waals surface area contributed by atoms with Gasteiger partial charge in [0.25, 0.3) is 0 Å². The zero-order valence-corrected chi connectivity index (χ0v) is 12.3. The summed E-state index contributed by atoms with van der Waals surface area (Å²) in [5.41, 5.74) is 1.60. The molecule has 0 radical (unpaired) electrons. The van der Waals surface area contributed by atoms with Crippen molar-refractivity contribution in [3.63, 3.8) is 0 Å². The lowest BCUT2D eigenvalue weighted by Crippen LogP contribution is -2.50. The van der Waals surface area contributed by atoms with Crippen LogP contribution in [0.1, 0.15) is 31.0 Å². The Kier molecular flexibility index (Phi) is 3.30. The van der Waals surface area contributed by atoms with Crippen LogP contribution in [0, 0.1) is 12.3 Å². The number of esters is 1. The zero-order chi connectivity index (χ0) is 14.3. The summed E-state index contributed by atoms with van der Waals surface area (Å²) in [7, 11) is 0. The highest BCUT2D eigenvalue weighted by Gasteiger charge is 2.48. The third kappa shape index (κ3) is 2.03. The number of aryl methyl sites for hydroxylation is 1. The van der Waals surface area contributed by atoms with Crippen LogP contribution in [0.3, 0.4) is 0 Å². The average Bonchev–Trinajstić information content (AvgIpc) is 2.42. The van der Waals surface area contributed by atoms with Gasteiger partial charge in [-0.2, -0.15) is 0 Å². The van der Waals surface area contributed by atoms with E-state index in [0.717, 1.165) is 43.2 Å². The second kappa shape index (κ2) is 4.86. The number of rotatable bonds is 1. The lowest BCUT2D eigenvalue weighted by molar-refractivity contribution is -0.152. The molecule has 2 aliphatic rings. The van der Waals surface area contributed by atoms with Gasteiger partial charge in [-0.05, 0) is 26.3 Å². The molecule has 1 aromatic carbocycles. The summed E-state index contributed by atoms with van der Waals surface area (Å²) in [6.07, 6.45) is 0. The third-order valence-corrected chi connectivity index (χ3v) is 4.35. The highest BCUT2D eigenvalue weighted by Crippen LogP contribution is 2.48. The van der Waals surface area contributed by atoms with E-state index in [0.29, 0.717) is 0 Å². The maximum Gasteiger partial charge on any atom is 0.318 e. The molecule has 0 aromatic heterocycles. The van der Waals surface area contributed by atoms with Crippen LogP contribution < -0.4 is 4.74 Å². The van der Waals surface area contributed by atoms with Gasteiger partial charge in [-0.25, -0.2) is 0 Å². The van der Waals surface area contributed by atoms with Crippen LogP contribution in [0.5, 0.6) is 5.75 Å². The molecule has 1 unspecified atom stereocenters. The number of para-hydroxylation sites is 1.